The topological polar surface area (TPSA) is 24.9 Å². The highest BCUT2D eigenvalue weighted by molar-refractivity contribution is 7.99. The summed E-state index contributed by atoms with van der Waals surface area (Å²) in [6, 6.07) is 0. The van der Waals surface area contributed by atoms with Crippen LogP contribution in [0.3, 0.4) is 0 Å². The van der Waals surface area contributed by atoms with Crippen LogP contribution in [0.15, 0.2) is 0 Å². The van der Waals surface area contributed by atoms with Gasteiger partial charge in [-0.3, -0.25) is 0 Å². The van der Waals surface area contributed by atoms with Gasteiger partial charge in [0.1, 0.15) is 5.01 Å². The molecule has 1 N–H and O–H groups in total. The molecule has 1 aliphatic rings. The van der Waals surface area contributed by atoms with Crippen LogP contribution in [0.5, 0.6) is 0 Å². The number of hydrogen-bond acceptors (Lipinski definition) is 4. The van der Waals surface area contributed by atoms with Crippen molar-refractivity contribution in [2.45, 2.75) is 63.5 Å². The van der Waals surface area contributed by atoms with Gasteiger partial charge in [0.05, 0.1) is 5.69 Å². The molecule has 0 unspecified atom stereocenters. The molecule has 18 heavy (non-hydrogen) atoms. The number of hydrogen-bond donors (Lipinski definition) is 1. The lowest BCUT2D eigenvalue weighted by Gasteiger charge is -2.05. The van der Waals surface area contributed by atoms with Crippen molar-refractivity contribution in [2.24, 2.45) is 0 Å². The molecule has 102 valence electrons. The maximum atomic E-state index is 4.71. The van der Waals surface area contributed by atoms with E-state index in [4.69, 9.17) is 4.98 Å². The van der Waals surface area contributed by atoms with Crippen LogP contribution in [-0.4, -0.2) is 16.8 Å². The summed E-state index contributed by atoms with van der Waals surface area (Å²) in [5.41, 5.74) is 1.23. The van der Waals surface area contributed by atoms with Crippen molar-refractivity contribution in [1.29, 1.82) is 0 Å². The fourth-order valence-electron chi connectivity index (χ4n) is 2.34. The molecule has 0 amide bonds. The lowest BCUT2D eigenvalue weighted by Crippen LogP contribution is -2.13. The Balaban J connectivity index is 1.79. The van der Waals surface area contributed by atoms with E-state index in [1.807, 2.05) is 11.3 Å². The summed E-state index contributed by atoms with van der Waals surface area (Å²) in [6.07, 6.45) is 6.89. The molecule has 2 nitrogen and oxygen atoms in total. The Hall–Kier alpha value is -0.0600. The van der Waals surface area contributed by atoms with Crippen molar-refractivity contribution < 1.29 is 0 Å². The number of nitrogens with zero attached hydrogens (tertiary/aromatic N) is 1. The fourth-order valence-corrected chi connectivity index (χ4v) is 4.72. The minimum atomic E-state index is 0.899. The molecule has 1 aromatic heterocycles. The van der Waals surface area contributed by atoms with Gasteiger partial charge in [0, 0.05) is 22.4 Å². The zero-order chi connectivity index (χ0) is 12.8. The quantitative estimate of drug-likeness (QED) is 0.762. The lowest BCUT2D eigenvalue weighted by molar-refractivity contribution is 0.678. The summed E-state index contributed by atoms with van der Waals surface area (Å²) in [5, 5.41) is 5.68. The second-order valence-corrected chi connectivity index (χ2v) is 7.47. The van der Waals surface area contributed by atoms with Crippen molar-refractivity contribution in [3.05, 3.63) is 15.6 Å². The number of aromatic nitrogens is 1. The van der Waals surface area contributed by atoms with Gasteiger partial charge < -0.3 is 5.32 Å². The largest absolute Gasteiger partial charge is 0.312 e. The first-order valence-corrected chi connectivity index (χ1v) is 8.93. The molecule has 0 spiro atoms. The molecule has 0 aromatic carbocycles. The van der Waals surface area contributed by atoms with Gasteiger partial charge in [-0.1, -0.05) is 19.8 Å². The van der Waals surface area contributed by atoms with E-state index in [0.29, 0.717) is 0 Å². The molecule has 0 radical (unpaired) electrons. The Morgan fingerprint density at radius 1 is 1.39 bits per heavy atom. The highest BCUT2D eigenvalue weighted by atomic mass is 32.2. The number of thiazole rings is 1. The van der Waals surface area contributed by atoms with Crippen LogP contribution in [0.2, 0.25) is 0 Å². The van der Waals surface area contributed by atoms with Crippen molar-refractivity contribution >= 4 is 23.1 Å². The first-order chi connectivity index (χ1) is 8.79. The van der Waals surface area contributed by atoms with E-state index >= 15 is 0 Å². The average molecular weight is 284 g/mol. The zero-order valence-electron chi connectivity index (χ0n) is 11.5. The number of rotatable bonds is 7. The Bertz CT molecular complexity index is 357. The Morgan fingerprint density at radius 3 is 2.89 bits per heavy atom. The Kier molecular flexibility index (Phi) is 5.99. The van der Waals surface area contributed by atoms with Crippen LogP contribution in [0.25, 0.3) is 0 Å². The molecular formula is C14H24N2S2. The predicted molar refractivity (Wildman–Crippen MR) is 82.4 cm³/mol. The zero-order valence-corrected chi connectivity index (χ0v) is 13.1. The second kappa shape index (κ2) is 7.51. The summed E-state index contributed by atoms with van der Waals surface area (Å²) in [7, 11) is 0. The molecule has 1 heterocycles. The van der Waals surface area contributed by atoms with Gasteiger partial charge in [0.15, 0.2) is 0 Å². The molecule has 0 aliphatic heterocycles. The molecular weight excluding hydrogens is 260 g/mol. The normalized spacial score (nSPS) is 16.6. The minimum absolute atomic E-state index is 0.899. The van der Waals surface area contributed by atoms with Crippen LogP contribution < -0.4 is 5.32 Å². The second-order valence-electron chi connectivity index (χ2n) is 5.01. The lowest BCUT2D eigenvalue weighted by atomic mass is 10.4. The summed E-state index contributed by atoms with van der Waals surface area (Å²) < 4.78 is 0. The molecule has 1 aromatic rings. The van der Waals surface area contributed by atoms with Crippen LogP contribution in [0, 0.1) is 6.92 Å². The third-order valence-electron chi connectivity index (χ3n) is 3.39. The average Bonchev–Trinajstić information content (AvgIpc) is 2.97. The third kappa shape index (κ3) is 4.25. The van der Waals surface area contributed by atoms with Crippen molar-refractivity contribution in [2.75, 3.05) is 6.54 Å². The van der Waals surface area contributed by atoms with E-state index in [2.05, 4.69) is 30.9 Å². The Labute approximate surface area is 119 Å². The fraction of sp³-hybridized carbons (Fsp3) is 0.786. The molecule has 0 atom stereocenters. The first-order valence-electron chi connectivity index (χ1n) is 7.07. The molecule has 2 rings (SSSR count). The Morgan fingerprint density at radius 2 is 2.17 bits per heavy atom. The summed E-state index contributed by atoms with van der Waals surface area (Å²) >= 11 is 4.01. The predicted octanol–water partition coefficient (Wildman–Crippen LogP) is 4.13. The van der Waals surface area contributed by atoms with E-state index < -0.39 is 0 Å². The standard InChI is InChI=1S/C14H24N2S2/c1-3-8-15-9-13-11(2)16-14(18-13)10-17-12-6-4-5-7-12/h12,15H,3-10H2,1-2H3. The van der Waals surface area contributed by atoms with Gasteiger partial charge in [0.25, 0.3) is 0 Å². The minimum Gasteiger partial charge on any atom is -0.312 e. The maximum absolute atomic E-state index is 4.71. The summed E-state index contributed by atoms with van der Waals surface area (Å²) in [6.45, 7) is 6.44. The SMILES string of the molecule is CCCNCc1sc(CSC2CCCC2)nc1C. The smallest absolute Gasteiger partial charge is 0.103 e. The van der Waals surface area contributed by atoms with Gasteiger partial charge in [-0.15, -0.1) is 11.3 Å². The van der Waals surface area contributed by atoms with Gasteiger partial charge in [-0.25, -0.2) is 4.98 Å². The molecule has 4 heteroatoms. The van der Waals surface area contributed by atoms with Crippen molar-refractivity contribution in [3.8, 4) is 0 Å². The third-order valence-corrected chi connectivity index (χ3v) is 6.12. The molecule has 1 aliphatic carbocycles. The highest BCUT2D eigenvalue weighted by Gasteiger charge is 2.16. The van der Waals surface area contributed by atoms with E-state index in [0.717, 1.165) is 24.1 Å². The number of nitrogens with one attached hydrogen (secondary N) is 1. The summed E-state index contributed by atoms with van der Waals surface area (Å²) in [4.78, 5) is 6.13. The van der Waals surface area contributed by atoms with E-state index in [-0.39, 0.29) is 0 Å². The first kappa shape index (κ1) is 14.4. The van der Waals surface area contributed by atoms with Crippen molar-refractivity contribution in [3.63, 3.8) is 0 Å². The van der Waals surface area contributed by atoms with E-state index in [1.54, 1.807) is 0 Å². The van der Waals surface area contributed by atoms with Gasteiger partial charge in [-0.05, 0) is 32.7 Å². The van der Waals surface area contributed by atoms with Crippen LogP contribution in [0.1, 0.15) is 54.6 Å². The van der Waals surface area contributed by atoms with Crippen LogP contribution >= 0.6 is 23.1 Å². The monoisotopic (exact) mass is 284 g/mol. The number of thioether (sulfide) groups is 1. The number of aryl methyl sites for hydroxylation is 1. The van der Waals surface area contributed by atoms with E-state index in [9.17, 15) is 0 Å². The van der Waals surface area contributed by atoms with Gasteiger partial charge in [0.2, 0.25) is 0 Å². The van der Waals surface area contributed by atoms with E-state index in [1.165, 1.54) is 47.7 Å². The van der Waals surface area contributed by atoms with Crippen LogP contribution in [0.4, 0.5) is 0 Å². The summed E-state index contributed by atoms with van der Waals surface area (Å²) in [5.74, 6) is 1.12. The molecule has 1 saturated carbocycles. The van der Waals surface area contributed by atoms with Crippen LogP contribution in [-0.2, 0) is 12.3 Å². The maximum Gasteiger partial charge on any atom is 0.103 e. The highest BCUT2D eigenvalue weighted by Crippen LogP contribution is 2.32. The van der Waals surface area contributed by atoms with Gasteiger partial charge >= 0.3 is 0 Å². The molecule has 0 bridgehead atoms. The molecule has 1 fully saturated rings. The van der Waals surface area contributed by atoms with Gasteiger partial charge in [-0.2, -0.15) is 11.8 Å². The van der Waals surface area contributed by atoms with Crippen molar-refractivity contribution in [1.82, 2.24) is 10.3 Å². The molecule has 0 saturated heterocycles.